The van der Waals surface area contributed by atoms with E-state index in [4.69, 9.17) is 9.47 Å². The molecule has 1 N–H and O–H groups in total. The Bertz CT molecular complexity index is 1670. The maximum absolute atomic E-state index is 14.4. The van der Waals surface area contributed by atoms with E-state index in [1.165, 1.54) is 79.4 Å². The van der Waals surface area contributed by atoms with Crippen molar-refractivity contribution in [3.63, 3.8) is 0 Å². The Balaban J connectivity index is 1.45. The maximum Gasteiger partial charge on any atom is 0.263 e. The Kier molecular flexibility index (Phi) is 7.35. The van der Waals surface area contributed by atoms with Crippen LogP contribution in [0.4, 0.5) is 10.2 Å². The minimum Gasteiger partial charge on any atom is -0.495 e. The monoisotopic (exact) mass is 602 g/mol. The Labute approximate surface area is 226 Å². The second-order valence-corrected chi connectivity index (χ2v) is 11.5. The summed E-state index contributed by atoms with van der Waals surface area (Å²) in [4.78, 5) is 20.8. The SMILES string of the molecule is COc1cc(Br)c(F)cc1-n1c(=O)ccc2cc(S(=O)(=O)Nc3cc(OCC4CCCC4)ncn3)ccc21. The molecule has 5 rings (SSSR count). The number of hydrogen-bond donors (Lipinski definition) is 1. The van der Waals surface area contributed by atoms with Crippen LogP contribution in [0.5, 0.6) is 11.6 Å². The average molecular weight is 603 g/mol. The summed E-state index contributed by atoms with van der Waals surface area (Å²) in [6.07, 6.45) is 5.86. The Morgan fingerprint density at radius 2 is 1.89 bits per heavy atom. The predicted molar refractivity (Wildman–Crippen MR) is 144 cm³/mol. The zero-order chi connectivity index (χ0) is 26.9. The van der Waals surface area contributed by atoms with Gasteiger partial charge in [-0.25, -0.2) is 22.8 Å². The molecule has 2 aromatic carbocycles. The van der Waals surface area contributed by atoms with Gasteiger partial charge in [0.1, 0.15) is 23.7 Å². The minimum atomic E-state index is -4.04. The number of nitrogens with zero attached hydrogens (tertiary/aromatic N) is 3. The van der Waals surface area contributed by atoms with Gasteiger partial charge < -0.3 is 9.47 Å². The highest BCUT2D eigenvalue weighted by molar-refractivity contribution is 9.10. The summed E-state index contributed by atoms with van der Waals surface area (Å²) < 4.78 is 55.7. The summed E-state index contributed by atoms with van der Waals surface area (Å²) >= 11 is 3.12. The van der Waals surface area contributed by atoms with Gasteiger partial charge in [-0.3, -0.25) is 14.1 Å². The van der Waals surface area contributed by atoms with E-state index < -0.39 is 21.4 Å². The van der Waals surface area contributed by atoms with Crippen LogP contribution in [-0.2, 0) is 10.0 Å². The minimum absolute atomic E-state index is 0.0452. The van der Waals surface area contributed by atoms with Crippen LogP contribution in [0.25, 0.3) is 16.6 Å². The lowest BCUT2D eigenvalue weighted by Gasteiger charge is -2.15. The highest BCUT2D eigenvalue weighted by atomic mass is 79.9. The average Bonchev–Trinajstić information content (AvgIpc) is 3.42. The summed E-state index contributed by atoms with van der Waals surface area (Å²) in [5.74, 6) is 0.531. The number of pyridine rings is 1. The highest BCUT2D eigenvalue weighted by Crippen LogP contribution is 2.31. The van der Waals surface area contributed by atoms with Crippen molar-refractivity contribution in [1.29, 1.82) is 0 Å². The van der Waals surface area contributed by atoms with Crippen molar-refractivity contribution in [2.75, 3.05) is 18.4 Å². The number of nitrogens with one attached hydrogen (secondary N) is 1. The molecule has 38 heavy (non-hydrogen) atoms. The Morgan fingerprint density at radius 1 is 1.11 bits per heavy atom. The Morgan fingerprint density at radius 3 is 2.66 bits per heavy atom. The number of aromatic nitrogens is 3. The van der Waals surface area contributed by atoms with Gasteiger partial charge in [0.2, 0.25) is 5.88 Å². The number of ether oxygens (including phenoxy) is 2. The fourth-order valence-electron chi connectivity index (χ4n) is 4.55. The number of anilines is 1. The molecule has 9 nitrogen and oxygen atoms in total. The summed E-state index contributed by atoms with van der Waals surface area (Å²) in [6, 6.07) is 11.1. The van der Waals surface area contributed by atoms with Crippen LogP contribution in [0.3, 0.4) is 0 Å². The second kappa shape index (κ2) is 10.7. The molecule has 1 aliphatic rings. The van der Waals surface area contributed by atoms with Crippen molar-refractivity contribution in [3.05, 3.63) is 75.5 Å². The van der Waals surface area contributed by atoms with E-state index in [0.717, 1.165) is 12.8 Å². The first kappa shape index (κ1) is 26.1. The molecular formula is C26H24BrFN4O5S. The van der Waals surface area contributed by atoms with Crippen LogP contribution in [0, 0.1) is 11.7 Å². The van der Waals surface area contributed by atoms with Gasteiger partial charge in [0.25, 0.3) is 15.6 Å². The topological polar surface area (TPSA) is 112 Å². The lowest BCUT2D eigenvalue weighted by atomic mass is 10.1. The summed E-state index contributed by atoms with van der Waals surface area (Å²) in [5.41, 5.74) is 0.127. The smallest absolute Gasteiger partial charge is 0.263 e. The van der Waals surface area contributed by atoms with E-state index in [-0.39, 0.29) is 26.6 Å². The normalized spacial score (nSPS) is 14.1. The van der Waals surface area contributed by atoms with E-state index in [2.05, 4.69) is 30.6 Å². The zero-order valence-electron chi connectivity index (χ0n) is 20.4. The molecule has 1 saturated carbocycles. The molecule has 0 aliphatic heterocycles. The molecule has 0 amide bonds. The van der Waals surface area contributed by atoms with Crippen molar-refractivity contribution in [1.82, 2.24) is 14.5 Å². The van der Waals surface area contributed by atoms with Gasteiger partial charge in [-0.05, 0) is 65.0 Å². The van der Waals surface area contributed by atoms with Gasteiger partial charge in [0, 0.05) is 23.6 Å². The van der Waals surface area contributed by atoms with E-state index in [0.29, 0.717) is 29.3 Å². The summed E-state index contributed by atoms with van der Waals surface area (Å²) in [5, 5.41) is 0.445. The molecule has 0 saturated heterocycles. The molecule has 0 atom stereocenters. The van der Waals surface area contributed by atoms with Crippen molar-refractivity contribution in [2.24, 2.45) is 5.92 Å². The molecule has 0 unspecified atom stereocenters. The summed E-state index contributed by atoms with van der Waals surface area (Å²) in [6.45, 7) is 0.530. The second-order valence-electron chi connectivity index (χ2n) is 8.97. The molecule has 4 aromatic rings. The van der Waals surface area contributed by atoms with Crippen LogP contribution in [0.15, 0.2) is 69.0 Å². The van der Waals surface area contributed by atoms with E-state index in [1.807, 2.05) is 0 Å². The van der Waals surface area contributed by atoms with Gasteiger partial charge in [0.05, 0.1) is 34.3 Å². The van der Waals surface area contributed by atoms with Gasteiger partial charge in [-0.15, -0.1) is 0 Å². The van der Waals surface area contributed by atoms with Crippen LogP contribution in [0.1, 0.15) is 25.7 Å². The fourth-order valence-corrected chi connectivity index (χ4v) is 5.90. The number of methoxy groups -OCH3 is 1. The molecule has 0 bridgehead atoms. The van der Waals surface area contributed by atoms with Crippen LogP contribution < -0.4 is 19.8 Å². The van der Waals surface area contributed by atoms with Crippen molar-refractivity contribution >= 4 is 42.7 Å². The number of sulfonamides is 1. The molecule has 0 radical (unpaired) electrons. The molecule has 2 heterocycles. The largest absolute Gasteiger partial charge is 0.495 e. The number of benzene rings is 2. The van der Waals surface area contributed by atoms with Crippen molar-refractivity contribution in [2.45, 2.75) is 30.6 Å². The first-order chi connectivity index (χ1) is 18.2. The van der Waals surface area contributed by atoms with Crippen LogP contribution >= 0.6 is 15.9 Å². The molecule has 2 aromatic heterocycles. The highest BCUT2D eigenvalue weighted by Gasteiger charge is 2.20. The standard InChI is InChI=1S/C26H24BrFN4O5S/c1-36-23-11-19(27)20(28)12-22(23)32-21-8-7-18(10-17(21)6-9-26(32)33)38(34,35)31-24-13-25(30-15-29-24)37-14-16-4-2-3-5-16/h6-13,15-16H,2-5,14H2,1H3,(H,29,30,31). The van der Waals surface area contributed by atoms with E-state index in [1.54, 1.807) is 0 Å². The Hall–Kier alpha value is -3.51. The number of hydrogen-bond acceptors (Lipinski definition) is 7. The van der Waals surface area contributed by atoms with Crippen molar-refractivity contribution in [3.8, 4) is 17.3 Å². The van der Waals surface area contributed by atoms with Crippen molar-refractivity contribution < 1.29 is 22.3 Å². The predicted octanol–water partition coefficient (Wildman–Crippen LogP) is 5.06. The maximum atomic E-state index is 14.4. The number of halogens is 2. The molecule has 198 valence electrons. The van der Waals surface area contributed by atoms with E-state index >= 15 is 0 Å². The number of rotatable bonds is 8. The quantitative estimate of drug-likeness (QED) is 0.300. The lowest BCUT2D eigenvalue weighted by Crippen LogP contribution is -2.19. The third kappa shape index (κ3) is 5.37. The first-order valence-electron chi connectivity index (χ1n) is 11.9. The molecule has 0 spiro atoms. The number of fused-ring (bicyclic) bond motifs is 1. The molecule has 12 heteroatoms. The summed E-state index contributed by atoms with van der Waals surface area (Å²) in [7, 11) is -2.63. The third-order valence-corrected chi connectivity index (χ3v) is 8.42. The first-order valence-corrected chi connectivity index (χ1v) is 14.2. The lowest BCUT2D eigenvalue weighted by molar-refractivity contribution is 0.243. The molecule has 1 aliphatic carbocycles. The zero-order valence-corrected chi connectivity index (χ0v) is 22.8. The van der Waals surface area contributed by atoms with Gasteiger partial charge in [0.15, 0.2) is 0 Å². The molecular weight excluding hydrogens is 579 g/mol. The van der Waals surface area contributed by atoms with Crippen LogP contribution in [0.2, 0.25) is 0 Å². The van der Waals surface area contributed by atoms with Gasteiger partial charge in [-0.1, -0.05) is 12.8 Å². The van der Waals surface area contributed by atoms with E-state index in [9.17, 15) is 17.6 Å². The van der Waals surface area contributed by atoms with Crippen LogP contribution in [-0.4, -0.2) is 36.7 Å². The van der Waals surface area contributed by atoms with Gasteiger partial charge >= 0.3 is 0 Å². The fraction of sp³-hybridized carbons (Fsp3) is 0.269. The molecule has 1 fully saturated rings. The third-order valence-electron chi connectivity index (χ3n) is 6.46. The van der Waals surface area contributed by atoms with Gasteiger partial charge in [-0.2, -0.15) is 0 Å².